The zero-order chi connectivity index (χ0) is 18.8. The first-order valence-corrected chi connectivity index (χ1v) is 9.26. The van der Waals surface area contributed by atoms with Crippen molar-refractivity contribution in [1.29, 1.82) is 0 Å². The van der Waals surface area contributed by atoms with Crippen LogP contribution in [0.3, 0.4) is 0 Å². The number of pyridine rings is 1. The predicted octanol–water partition coefficient (Wildman–Crippen LogP) is 4.64. The number of aryl methyl sites for hydroxylation is 2. The van der Waals surface area contributed by atoms with Gasteiger partial charge in [-0.3, -0.25) is 9.78 Å². The van der Waals surface area contributed by atoms with E-state index in [1.165, 1.54) is 22.3 Å². The van der Waals surface area contributed by atoms with Crippen LogP contribution in [0.5, 0.6) is 0 Å². The zero-order valence-corrected chi connectivity index (χ0v) is 15.7. The van der Waals surface area contributed by atoms with Crippen LogP contribution in [0.4, 0.5) is 11.4 Å². The Morgan fingerprint density at radius 3 is 2.52 bits per heavy atom. The van der Waals surface area contributed by atoms with E-state index >= 15 is 0 Å². The van der Waals surface area contributed by atoms with Crippen molar-refractivity contribution >= 4 is 17.3 Å². The summed E-state index contributed by atoms with van der Waals surface area (Å²) in [5.41, 5.74) is 7.41. The molecule has 0 aliphatic carbocycles. The summed E-state index contributed by atoms with van der Waals surface area (Å²) in [7, 11) is 0. The van der Waals surface area contributed by atoms with Crippen LogP contribution in [0.15, 0.2) is 60.9 Å². The number of benzene rings is 2. The van der Waals surface area contributed by atoms with Gasteiger partial charge in [0.2, 0.25) is 0 Å². The van der Waals surface area contributed by atoms with Crippen LogP contribution in [0.1, 0.15) is 32.6 Å². The fourth-order valence-corrected chi connectivity index (χ4v) is 3.63. The summed E-state index contributed by atoms with van der Waals surface area (Å²) < 4.78 is 0. The second kappa shape index (κ2) is 7.23. The average Bonchev–Trinajstić information content (AvgIpc) is 2.70. The average molecular weight is 357 g/mol. The van der Waals surface area contributed by atoms with Gasteiger partial charge in [-0.15, -0.1) is 0 Å². The molecule has 0 saturated carbocycles. The molecule has 3 aromatic rings. The van der Waals surface area contributed by atoms with Crippen molar-refractivity contribution in [3.63, 3.8) is 0 Å². The second-order valence-corrected chi connectivity index (χ2v) is 7.10. The quantitative estimate of drug-likeness (QED) is 0.743. The van der Waals surface area contributed by atoms with E-state index in [1.54, 1.807) is 12.4 Å². The van der Waals surface area contributed by atoms with Crippen molar-refractivity contribution in [2.75, 3.05) is 11.9 Å². The number of nitrogens with one attached hydrogen (secondary N) is 1. The van der Waals surface area contributed by atoms with Gasteiger partial charge in [-0.2, -0.15) is 0 Å². The zero-order valence-electron chi connectivity index (χ0n) is 15.7. The maximum atomic E-state index is 13.0. The molecule has 0 radical (unpaired) electrons. The molecule has 1 N–H and O–H groups in total. The maximum absolute atomic E-state index is 13.0. The largest absolute Gasteiger partial charge is 0.354 e. The van der Waals surface area contributed by atoms with E-state index in [0.29, 0.717) is 12.1 Å². The number of nitrogens with zero attached hydrogens (tertiary/aromatic N) is 2. The lowest BCUT2D eigenvalue weighted by Crippen LogP contribution is -2.36. The van der Waals surface area contributed by atoms with Crippen molar-refractivity contribution in [2.45, 2.75) is 26.8 Å². The molecule has 2 aromatic carbocycles. The summed E-state index contributed by atoms with van der Waals surface area (Å²) >= 11 is 0. The molecule has 0 atom stereocenters. The number of para-hydroxylation sites is 1. The SMILES string of the molecule is Cc1cccc(C)c1Nc1cncc(C(=O)N2CCc3ccccc3C2)c1. The normalized spacial score (nSPS) is 13.2. The summed E-state index contributed by atoms with van der Waals surface area (Å²) in [5, 5.41) is 3.42. The van der Waals surface area contributed by atoms with Gasteiger partial charge in [-0.25, -0.2) is 0 Å². The Bertz CT molecular complexity index is 976. The van der Waals surface area contributed by atoms with E-state index < -0.39 is 0 Å². The van der Waals surface area contributed by atoms with Crippen molar-refractivity contribution in [3.8, 4) is 0 Å². The third kappa shape index (κ3) is 3.56. The number of hydrogen-bond donors (Lipinski definition) is 1. The number of hydrogen-bond acceptors (Lipinski definition) is 3. The summed E-state index contributed by atoms with van der Waals surface area (Å²) in [6, 6.07) is 16.4. The number of aromatic nitrogens is 1. The Morgan fingerprint density at radius 2 is 1.74 bits per heavy atom. The molecule has 4 rings (SSSR count). The Morgan fingerprint density at radius 1 is 1.00 bits per heavy atom. The third-order valence-corrected chi connectivity index (χ3v) is 5.15. The lowest BCUT2D eigenvalue weighted by molar-refractivity contribution is 0.0734. The molecule has 0 unspecified atom stereocenters. The highest BCUT2D eigenvalue weighted by molar-refractivity contribution is 5.95. The van der Waals surface area contributed by atoms with Gasteiger partial charge in [0.05, 0.1) is 17.4 Å². The number of amides is 1. The smallest absolute Gasteiger partial charge is 0.255 e. The first-order valence-electron chi connectivity index (χ1n) is 9.26. The predicted molar refractivity (Wildman–Crippen MR) is 108 cm³/mol. The fourth-order valence-electron chi connectivity index (χ4n) is 3.63. The van der Waals surface area contributed by atoms with Crippen LogP contribution in [0, 0.1) is 13.8 Å². The number of carbonyl (C=O) groups excluding carboxylic acids is 1. The van der Waals surface area contributed by atoms with Gasteiger partial charge in [-0.1, -0.05) is 42.5 Å². The minimum Gasteiger partial charge on any atom is -0.354 e. The lowest BCUT2D eigenvalue weighted by Gasteiger charge is -2.29. The molecule has 0 saturated heterocycles. The van der Waals surface area contributed by atoms with Crippen LogP contribution in [-0.2, 0) is 13.0 Å². The molecule has 1 aromatic heterocycles. The highest BCUT2D eigenvalue weighted by Crippen LogP contribution is 2.25. The standard InChI is InChI=1S/C23H23N3O/c1-16-6-5-7-17(2)22(16)25-21-12-20(13-24-14-21)23(27)26-11-10-18-8-3-4-9-19(18)15-26/h3-9,12-14,25H,10-11,15H2,1-2H3. The second-order valence-electron chi connectivity index (χ2n) is 7.10. The number of anilines is 2. The molecular weight excluding hydrogens is 334 g/mol. The highest BCUT2D eigenvalue weighted by atomic mass is 16.2. The first kappa shape index (κ1) is 17.3. The molecule has 2 heterocycles. The molecule has 0 bridgehead atoms. The van der Waals surface area contributed by atoms with Crippen LogP contribution < -0.4 is 5.32 Å². The van der Waals surface area contributed by atoms with Crippen LogP contribution >= 0.6 is 0 Å². The van der Waals surface area contributed by atoms with Crippen molar-refractivity contribution in [2.24, 2.45) is 0 Å². The monoisotopic (exact) mass is 357 g/mol. The lowest BCUT2D eigenvalue weighted by atomic mass is 9.99. The first-order chi connectivity index (χ1) is 13.1. The molecule has 1 aliphatic heterocycles. The van der Waals surface area contributed by atoms with Gasteiger partial charge in [0.1, 0.15) is 0 Å². The highest BCUT2D eigenvalue weighted by Gasteiger charge is 2.22. The minimum atomic E-state index is 0.0298. The van der Waals surface area contributed by atoms with Gasteiger partial charge in [0.25, 0.3) is 5.91 Å². The van der Waals surface area contributed by atoms with E-state index in [2.05, 4.69) is 54.5 Å². The number of rotatable bonds is 3. The van der Waals surface area contributed by atoms with E-state index in [1.807, 2.05) is 23.1 Å². The number of carbonyl (C=O) groups is 1. The van der Waals surface area contributed by atoms with Crippen molar-refractivity contribution in [3.05, 3.63) is 88.7 Å². The molecule has 0 spiro atoms. The van der Waals surface area contributed by atoms with Gasteiger partial charge in [-0.05, 0) is 48.6 Å². The minimum absolute atomic E-state index is 0.0298. The maximum Gasteiger partial charge on any atom is 0.255 e. The molecule has 27 heavy (non-hydrogen) atoms. The summed E-state index contributed by atoms with van der Waals surface area (Å²) in [5.74, 6) is 0.0298. The van der Waals surface area contributed by atoms with Crippen LogP contribution in [0.25, 0.3) is 0 Å². The van der Waals surface area contributed by atoms with Crippen molar-refractivity contribution in [1.82, 2.24) is 9.88 Å². The Labute approximate surface area is 159 Å². The van der Waals surface area contributed by atoms with E-state index in [4.69, 9.17) is 0 Å². The van der Waals surface area contributed by atoms with Gasteiger partial charge in [0.15, 0.2) is 0 Å². The molecular formula is C23H23N3O. The van der Waals surface area contributed by atoms with Crippen LogP contribution in [0.2, 0.25) is 0 Å². The summed E-state index contributed by atoms with van der Waals surface area (Å²) in [6.07, 6.45) is 4.31. The molecule has 1 aliphatic rings. The Balaban J connectivity index is 1.55. The van der Waals surface area contributed by atoms with Crippen molar-refractivity contribution < 1.29 is 4.79 Å². The van der Waals surface area contributed by atoms with Crippen LogP contribution in [-0.4, -0.2) is 22.3 Å². The summed E-state index contributed by atoms with van der Waals surface area (Å²) in [4.78, 5) is 19.2. The summed E-state index contributed by atoms with van der Waals surface area (Å²) in [6.45, 7) is 5.54. The molecule has 4 nitrogen and oxygen atoms in total. The van der Waals surface area contributed by atoms with E-state index in [9.17, 15) is 4.79 Å². The Hall–Kier alpha value is -3.14. The molecule has 136 valence electrons. The van der Waals surface area contributed by atoms with Gasteiger partial charge < -0.3 is 10.2 Å². The van der Waals surface area contributed by atoms with Gasteiger partial charge in [0, 0.05) is 25.0 Å². The van der Waals surface area contributed by atoms with E-state index in [0.717, 1.165) is 24.3 Å². The fraction of sp³-hybridized carbons (Fsp3) is 0.217. The molecule has 0 fully saturated rings. The molecule has 1 amide bonds. The topological polar surface area (TPSA) is 45.2 Å². The Kier molecular flexibility index (Phi) is 4.63. The van der Waals surface area contributed by atoms with E-state index in [-0.39, 0.29) is 5.91 Å². The third-order valence-electron chi connectivity index (χ3n) is 5.15. The number of fused-ring (bicyclic) bond motifs is 1. The van der Waals surface area contributed by atoms with Gasteiger partial charge >= 0.3 is 0 Å². The molecule has 4 heteroatoms.